The molecule has 1 heterocycles. The van der Waals surface area contributed by atoms with Crippen molar-refractivity contribution in [1.29, 1.82) is 0 Å². The summed E-state index contributed by atoms with van der Waals surface area (Å²) in [7, 11) is 0. The van der Waals surface area contributed by atoms with Crippen LogP contribution in [0.3, 0.4) is 0 Å². The Morgan fingerprint density at radius 2 is 1.75 bits per heavy atom. The predicted octanol–water partition coefficient (Wildman–Crippen LogP) is 3.48. The van der Waals surface area contributed by atoms with Crippen LogP contribution in [0, 0.1) is 0 Å². The lowest BCUT2D eigenvalue weighted by molar-refractivity contribution is -0.155. The van der Waals surface area contributed by atoms with E-state index in [1.807, 2.05) is 37.3 Å². The smallest absolute Gasteiger partial charge is 0.409 e. The summed E-state index contributed by atoms with van der Waals surface area (Å²) < 4.78 is 15.8. The van der Waals surface area contributed by atoms with Gasteiger partial charge in [0.25, 0.3) is 0 Å². The molecule has 10 nitrogen and oxygen atoms in total. The van der Waals surface area contributed by atoms with Gasteiger partial charge in [-0.25, -0.2) is 9.59 Å². The highest BCUT2D eigenvalue weighted by molar-refractivity contribution is 5.87. The minimum absolute atomic E-state index is 0.0494. The van der Waals surface area contributed by atoms with Gasteiger partial charge >= 0.3 is 18.2 Å². The number of nitrogens with one attached hydrogen (secondary N) is 1. The summed E-state index contributed by atoms with van der Waals surface area (Å²) in [5.74, 6) is -0.787. The Kier molecular flexibility index (Phi) is 11.0. The number of hydrogen-bond acceptors (Lipinski definition) is 7. The zero-order chi connectivity index (χ0) is 26.7. The van der Waals surface area contributed by atoms with Crippen molar-refractivity contribution >= 4 is 24.1 Å². The molecule has 1 aromatic carbocycles. The predicted molar refractivity (Wildman–Crippen MR) is 133 cm³/mol. The Hall–Kier alpha value is -3.30. The minimum atomic E-state index is -0.982. The number of carbonyl (C=O) groups is 4. The molecule has 3 amide bonds. The van der Waals surface area contributed by atoms with Crippen molar-refractivity contribution < 1.29 is 33.4 Å². The number of piperazine rings is 1. The molecule has 1 N–H and O–H groups in total. The van der Waals surface area contributed by atoms with E-state index in [0.29, 0.717) is 26.1 Å². The Labute approximate surface area is 213 Å². The number of rotatable bonds is 9. The maximum atomic E-state index is 13.5. The Balaban J connectivity index is 2.08. The zero-order valence-corrected chi connectivity index (χ0v) is 22.0. The highest BCUT2D eigenvalue weighted by Gasteiger charge is 2.36. The van der Waals surface area contributed by atoms with Crippen LogP contribution in [-0.4, -0.2) is 77.8 Å². The number of carbonyl (C=O) groups excluding carboxylic acids is 4. The minimum Gasteiger partial charge on any atom is -0.460 e. The molecule has 2 rings (SSSR count). The molecule has 1 saturated heterocycles. The van der Waals surface area contributed by atoms with Gasteiger partial charge in [-0.2, -0.15) is 0 Å². The summed E-state index contributed by atoms with van der Waals surface area (Å²) in [6.45, 7) is 10.2. The number of benzene rings is 1. The van der Waals surface area contributed by atoms with Gasteiger partial charge in [-0.05, 0) is 46.1 Å². The molecule has 2 atom stereocenters. The van der Waals surface area contributed by atoms with Gasteiger partial charge in [-0.15, -0.1) is 0 Å². The third-order valence-corrected chi connectivity index (χ3v) is 5.62. The first-order valence-electron chi connectivity index (χ1n) is 12.4. The fourth-order valence-electron chi connectivity index (χ4n) is 3.89. The van der Waals surface area contributed by atoms with Gasteiger partial charge < -0.3 is 29.3 Å². The molecule has 36 heavy (non-hydrogen) atoms. The van der Waals surface area contributed by atoms with Crippen molar-refractivity contribution in [1.82, 2.24) is 15.1 Å². The van der Waals surface area contributed by atoms with Gasteiger partial charge in [-0.3, -0.25) is 9.59 Å². The molecule has 1 aliphatic rings. The van der Waals surface area contributed by atoms with Crippen molar-refractivity contribution in [2.24, 2.45) is 0 Å². The third kappa shape index (κ3) is 9.39. The molecule has 1 aliphatic heterocycles. The monoisotopic (exact) mass is 505 g/mol. The molecule has 0 bridgehead atoms. The number of amides is 3. The van der Waals surface area contributed by atoms with Gasteiger partial charge in [0, 0.05) is 32.1 Å². The van der Waals surface area contributed by atoms with Crippen LogP contribution in [0.2, 0.25) is 0 Å². The van der Waals surface area contributed by atoms with E-state index in [9.17, 15) is 19.2 Å². The van der Waals surface area contributed by atoms with E-state index in [1.165, 1.54) is 0 Å². The Morgan fingerprint density at radius 1 is 1.06 bits per heavy atom. The number of hydrogen-bond donors (Lipinski definition) is 1. The topological polar surface area (TPSA) is 114 Å². The number of alkyl carbamates (subject to hydrolysis) is 1. The van der Waals surface area contributed by atoms with E-state index in [0.717, 1.165) is 5.56 Å². The lowest BCUT2D eigenvalue weighted by atomic mass is 10.0. The van der Waals surface area contributed by atoms with Gasteiger partial charge in [0.15, 0.2) is 0 Å². The zero-order valence-electron chi connectivity index (χ0n) is 22.0. The molecule has 0 saturated carbocycles. The number of ether oxygens (including phenoxy) is 3. The lowest BCUT2D eigenvalue weighted by Gasteiger charge is -2.42. The first kappa shape index (κ1) is 28.9. The van der Waals surface area contributed by atoms with Crippen LogP contribution in [0.5, 0.6) is 0 Å². The van der Waals surface area contributed by atoms with Gasteiger partial charge in [0.1, 0.15) is 18.2 Å². The molecule has 1 fully saturated rings. The third-order valence-electron chi connectivity index (χ3n) is 5.62. The van der Waals surface area contributed by atoms with Gasteiger partial charge in [0.2, 0.25) is 5.91 Å². The maximum Gasteiger partial charge on any atom is 0.409 e. The molecular formula is C26H39N3O7. The standard InChI is InChI=1S/C26H39N3O7/c1-6-20-17-28(25(33)34-7-2)15-16-29(20)23(31)21(13-14-22(30)36-26(3,4)5)27-24(32)35-18-19-11-9-8-10-12-19/h8-12,20-21H,6-7,13-18H2,1-5H3,(H,27,32). The summed E-state index contributed by atoms with van der Waals surface area (Å²) in [6.07, 6.45) is -0.542. The summed E-state index contributed by atoms with van der Waals surface area (Å²) in [6, 6.07) is 7.96. The largest absolute Gasteiger partial charge is 0.460 e. The molecule has 0 aliphatic carbocycles. The van der Waals surface area contributed by atoms with Crippen LogP contribution in [0.4, 0.5) is 9.59 Å². The summed E-state index contributed by atoms with van der Waals surface area (Å²) in [4.78, 5) is 53.8. The van der Waals surface area contributed by atoms with Crippen LogP contribution >= 0.6 is 0 Å². The van der Waals surface area contributed by atoms with Crippen molar-refractivity contribution in [2.75, 3.05) is 26.2 Å². The molecule has 200 valence electrons. The first-order valence-corrected chi connectivity index (χ1v) is 12.4. The normalized spacial score (nSPS) is 16.6. The Morgan fingerprint density at radius 3 is 2.36 bits per heavy atom. The van der Waals surface area contributed by atoms with Gasteiger partial charge in [-0.1, -0.05) is 37.3 Å². The van der Waals surface area contributed by atoms with Crippen LogP contribution < -0.4 is 5.32 Å². The van der Waals surface area contributed by atoms with E-state index in [4.69, 9.17) is 14.2 Å². The highest BCUT2D eigenvalue weighted by atomic mass is 16.6. The SMILES string of the molecule is CCOC(=O)N1CCN(C(=O)C(CCC(=O)OC(C)(C)C)NC(=O)OCc2ccccc2)C(CC)C1. The van der Waals surface area contributed by atoms with Crippen molar-refractivity contribution in [3.8, 4) is 0 Å². The Bertz CT molecular complexity index is 885. The van der Waals surface area contributed by atoms with E-state index in [1.54, 1.807) is 37.5 Å². The molecule has 0 aromatic heterocycles. The van der Waals surface area contributed by atoms with Crippen molar-refractivity contribution in [2.45, 2.75) is 78.2 Å². The molecule has 0 spiro atoms. The second-order valence-electron chi connectivity index (χ2n) is 9.62. The average Bonchev–Trinajstić information content (AvgIpc) is 2.84. The van der Waals surface area contributed by atoms with E-state index >= 15 is 0 Å². The molecule has 0 radical (unpaired) electrons. The summed E-state index contributed by atoms with van der Waals surface area (Å²) in [5.41, 5.74) is 0.153. The van der Waals surface area contributed by atoms with E-state index in [-0.39, 0.29) is 38.0 Å². The van der Waals surface area contributed by atoms with Crippen LogP contribution in [0.25, 0.3) is 0 Å². The van der Waals surface area contributed by atoms with Crippen molar-refractivity contribution in [3.05, 3.63) is 35.9 Å². The van der Waals surface area contributed by atoms with Crippen LogP contribution in [0.1, 0.15) is 59.4 Å². The summed E-state index contributed by atoms with van der Waals surface area (Å²) in [5, 5.41) is 2.64. The molecule has 10 heteroatoms. The fourth-order valence-corrected chi connectivity index (χ4v) is 3.89. The maximum absolute atomic E-state index is 13.5. The molecule has 2 unspecified atom stereocenters. The van der Waals surface area contributed by atoms with Crippen LogP contribution in [-0.2, 0) is 30.4 Å². The quantitative estimate of drug-likeness (QED) is 0.404. The van der Waals surface area contributed by atoms with Crippen molar-refractivity contribution in [3.63, 3.8) is 0 Å². The van der Waals surface area contributed by atoms with Gasteiger partial charge in [0.05, 0.1) is 6.61 Å². The molecular weight excluding hydrogens is 466 g/mol. The van der Waals surface area contributed by atoms with E-state index in [2.05, 4.69) is 5.32 Å². The molecule has 1 aromatic rings. The van der Waals surface area contributed by atoms with Crippen LogP contribution in [0.15, 0.2) is 30.3 Å². The summed E-state index contributed by atoms with van der Waals surface area (Å²) >= 11 is 0. The fraction of sp³-hybridized carbons (Fsp3) is 0.615. The number of esters is 1. The van der Waals surface area contributed by atoms with E-state index < -0.39 is 29.8 Å². The second kappa shape index (κ2) is 13.7. The second-order valence-corrected chi connectivity index (χ2v) is 9.62. The lowest BCUT2D eigenvalue weighted by Crippen LogP contribution is -2.60. The average molecular weight is 506 g/mol. The first-order chi connectivity index (χ1) is 17.0. The number of nitrogens with zero attached hydrogens (tertiary/aromatic N) is 2. The highest BCUT2D eigenvalue weighted by Crippen LogP contribution is 2.18.